The molecule has 2 aromatic rings. The number of aryl methyl sites for hydroxylation is 1. The van der Waals surface area contributed by atoms with Gasteiger partial charge in [-0.05, 0) is 43.7 Å². The minimum atomic E-state index is -4.38. The van der Waals surface area contributed by atoms with Crippen LogP contribution in [0.25, 0.3) is 0 Å². The van der Waals surface area contributed by atoms with Crippen molar-refractivity contribution in [2.24, 2.45) is 0 Å². The molecule has 0 bridgehead atoms. The van der Waals surface area contributed by atoms with E-state index in [1.54, 1.807) is 31.2 Å². The Morgan fingerprint density at radius 2 is 1.96 bits per heavy atom. The second-order valence-electron chi connectivity index (χ2n) is 5.86. The molecule has 0 aliphatic carbocycles. The lowest BCUT2D eigenvalue weighted by molar-refractivity contribution is -0.137. The summed E-state index contributed by atoms with van der Waals surface area (Å²) >= 11 is 1.19. The van der Waals surface area contributed by atoms with Crippen molar-refractivity contribution in [3.05, 3.63) is 53.6 Å². The van der Waals surface area contributed by atoms with Crippen molar-refractivity contribution in [3.8, 4) is 5.75 Å². The standard InChI is InChI=1S/C19H20F3NO3S/c1-12-7-8-15(25-3)10-17(12)23-18(24)26-13(2)11-27-16-6-4-5-14(9-16)19(20,21)22/h4-10,13H,11H2,1-3H3,(H,23,24). The molecule has 2 rings (SSSR count). The van der Waals surface area contributed by atoms with Crippen LogP contribution in [0, 0.1) is 6.92 Å². The van der Waals surface area contributed by atoms with Crippen molar-refractivity contribution in [3.63, 3.8) is 0 Å². The minimum Gasteiger partial charge on any atom is -0.497 e. The highest BCUT2D eigenvalue weighted by Crippen LogP contribution is 2.32. The molecule has 0 saturated carbocycles. The molecule has 0 heterocycles. The number of alkyl halides is 3. The lowest BCUT2D eigenvalue weighted by Crippen LogP contribution is -2.22. The third-order valence-electron chi connectivity index (χ3n) is 3.64. The van der Waals surface area contributed by atoms with E-state index in [-0.39, 0.29) is 0 Å². The Balaban J connectivity index is 1.89. The largest absolute Gasteiger partial charge is 0.497 e. The van der Waals surface area contributed by atoms with E-state index in [9.17, 15) is 18.0 Å². The number of carbonyl (C=O) groups is 1. The van der Waals surface area contributed by atoms with Crippen LogP contribution in [0.3, 0.4) is 0 Å². The lowest BCUT2D eigenvalue weighted by atomic mass is 10.2. The predicted molar refractivity (Wildman–Crippen MR) is 99.5 cm³/mol. The van der Waals surface area contributed by atoms with Gasteiger partial charge in [0.05, 0.1) is 18.4 Å². The van der Waals surface area contributed by atoms with E-state index in [2.05, 4.69) is 5.32 Å². The fourth-order valence-corrected chi connectivity index (χ4v) is 3.08. The van der Waals surface area contributed by atoms with Crippen LogP contribution in [-0.2, 0) is 10.9 Å². The predicted octanol–water partition coefficient (Wildman–Crippen LogP) is 5.75. The number of thioether (sulfide) groups is 1. The number of benzene rings is 2. The van der Waals surface area contributed by atoms with Gasteiger partial charge in [0.1, 0.15) is 11.9 Å². The van der Waals surface area contributed by atoms with Crippen molar-refractivity contribution in [1.82, 2.24) is 0 Å². The fraction of sp³-hybridized carbons (Fsp3) is 0.316. The zero-order valence-electron chi connectivity index (χ0n) is 15.1. The quantitative estimate of drug-likeness (QED) is 0.628. The summed E-state index contributed by atoms with van der Waals surface area (Å²) in [5.74, 6) is 0.926. The number of hydrogen-bond acceptors (Lipinski definition) is 4. The van der Waals surface area contributed by atoms with Gasteiger partial charge in [-0.25, -0.2) is 4.79 Å². The topological polar surface area (TPSA) is 47.6 Å². The van der Waals surface area contributed by atoms with Gasteiger partial charge < -0.3 is 9.47 Å². The van der Waals surface area contributed by atoms with Crippen LogP contribution < -0.4 is 10.1 Å². The third kappa shape index (κ3) is 6.39. The highest BCUT2D eigenvalue weighted by Gasteiger charge is 2.30. The number of nitrogens with one attached hydrogen (secondary N) is 1. The third-order valence-corrected chi connectivity index (χ3v) is 4.86. The maximum atomic E-state index is 12.7. The SMILES string of the molecule is COc1ccc(C)c(NC(=O)OC(C)CSc2cccc(C(F)(F)F)c2)c1. The molecule has 27 heavy (non-hydrogen) atoms. The highest BCUT2D eigenvalue weighted by molar-refractivity contribution is 7.99. The smallest absolute Gasteiger partial charge is 0.416 e. The second-order valence-corrected chi connectivity index (χ2v) is 6.95. The van der Waals surface area contributed by atoms with Crippen molar-refractivity contribution in [2.45, 2.75) is 31.0 Å². The Kier molecular flexibility index (Phi) is 7.01. The zero-order chi connectivity index (χ0) is 20.0. The van der Waals surface area contributed by atoms with E-state index in [0.29, 0.717) is 22.1 Å². The molecule has 1 atom stereocenters. The number of rotatable bonds is 6. The van der Waals surface area contributed by atoms with E-state index >= 15 is 0 Å². The molecule has 0 aliphatic heterocycles. The van der Waals surface area contributed by atoms with Gasteiger partial charge in [0, 0.05) is 16.7 Å². The molecule has 0 fully saturated rings. The molecule has 0 spiro atoms. The molecule has 8 heteroatoms. The number of hydrogen-bond donors (Lipinski definition) is 1. The van der Waals surface area contributed by atoms with Gasteiger partial charge in [0.2, 0.25) is 0 Å². The van der Waals surface area contributed by atoms with Crippen LogP contribution in [0.4, 0.5) is 23.7 Å². The summed E-state index contributed by atoms with van der Waals surface area (Å²) < 4.78 is 48.6. The average Bonchev–Trinajstić information content (AvgIpc) is 2.61. The number of ether oxygens (including phenoxy) is 2. The van der Waals surface area contributed by atoms with Crippen LogP contribution in [-0.4, -0.2) is 25.1 Å². The molecule has 0 aromatic heterocycles. The molecule has 4 nitrogen and oxygen atoms in total. The van der Waals surface area contributed by atoms with Gasteiger partial charge in [0.25, 0.3) is 0 Å². The second kappa shape index (κ2) is 9.03. The Hall–Kier alpha value is -2.35. The minimum absolute atomic E-state index is 0.325. The van der Waals surface area contributed by atoms with Crippen LogP contribution in [0.5, 0.6) is 5.75 Å². The Morgan fingerprint density at radius 3 is 2.63 bits per heavy atom. The Morgan fingerprint density at radius 1 is 1.22 bits per heavy atom. The summed E-state index contributed by atoms with van der Waals surface area (Å²) in [5, 5.41) is 2.64. The van der Waals surface area contributed by atoms with Crippen molar-refractivity contribution >= 4 is 23.5 Å². The van der Waals surface area contributed by atoms with E-state index in [0.717, 1.165) is 17.7 Å². The molecule has 0 aliphatic rings. The van der Waals surface area contributed by atoms with Crippen molar-refractivity contribution < 1.29 is 27.4 Å². The number of anilines is 1. The number of methoxy groups -OCH3 is 1. The first-order valence-electron chi connectivity index (χ1n) is 8.11. The number of carbonyl (C=O) groups excluding carboxylic acids is 1. The lowest BCUT2D eigenvalue weighted by Gasteiger charge is -2.15. The van der Waals surface area contributed by atoms with Gasteiger partial charge in [-0.3, -0.25) is 5.32 Å². The van der Waals surface area contributed by atoms with Gasteiger partial charge in [-0.15, -0.1) is 11.8 Å². The Bertz CT molecular complexity index is 796. The average molecular weight is 399 g/mol. The maximum Gasteiger partial charge on any atom is 0.416 e. The van der Waals surface area contributed by atoms with E-state index in [1.165, 1.54) is 24.9 Å². The highest BCUT2D eigenvalue weighted by atomic mass is 32.2. The first kappa shape index (κ1) is 21.0. The first-order valence-corrected chi connectivity index (χ1v) is 9.10. The van der Waals surface area contributed by atoms with Crippen molar-refractivity contribution in [2.75, 3.05) is 18.2 Å². The van der Waals surface area contributed by atoms with Gasteiger partial charge in [0.15, 0.2) is 0 Å². The molecule has 146 valence electrons. The summed E-state index contributed by atoms with van der Waals surface area (Å²) in [5.41, 5.74) is 0.711. The summed E-state index contributed by atoms with van der Waals surface area (Å²) in [6.07, 6.45) is -5.51. The van der Waals surface area contributed by atoms with E-state index in [4.69, 9.17) is 9.47 Å². The van der Waals surface area contributed by atoms with Crippen LogP contribution in [0.1, 0.15) is 18.1 Å². The monoisotopic (exact) mass is 399 g/mol. The fourth-order valence-electron chi connectivity index (χ4n) is 2.19. The van der Waals surface area contributed by atoms with Crippen LogP contribution >= 0.6 is 11.8 Å². The molecule has 0 saturated heterocycles. The normalized spacial score (nSPS) is 12.4. The molecular weight excluding hydrogens is 379 g/mol. The summed E-state index contributed by atoms with van der Waals surface area (Å²) in [6.45, 7) is 3.51. The summed E-state index contributed by atoms with van der Waals surface area (Å²) in [6, 6.07) is 10.3. The number of amides is 1. The van der Waals surface area contributed by atoms with E-state index < -0.39 is 23.9 Å². The van der Waals surface area contributed by atoms with Gasteiger partial charge in [-0.1, -0.05) is 12.1 Å². The van der Waals surface area contributed by atoms with E-state index in [1.807, 2.05) is 6.92 Å². The maximum absolute atomic E-state index is 12.7. The van der Waals surface area contributed by atoms with Gasteiger partial charge in [-0.2, -0.15) is 13.2 Å². The molecule has 0 radical (unpaired) electrons. The first-order chi connectivity index (χ1) is 12.7. The van der Waals surface area contributed by atoms with Crippen LogP contribution in [0.2, 0.25) is 0 Å². The summed E-state index contributed by atoms with van der Waals surface area (Å²) in [4.78, 5) is 12.5. The van der Waals surface area contributed by atoms with Gasteiger partial charge >= 0.3 is 12.3 Å². The molecular formula is C19H20F3NO3S. The molecule has 2 aromatic carbocycles. The molecule has 1 unspecified atom stereocenters. The van der Waals surface area contributed by atoms with Crippen molar-refractivity contribution in [1.29, 1.82) is 0 Å². The summed E-state index contributed by atoms with van der Waals surface area (Å²) in [7, 11) is 1.53. The number of halogens is 3. The van der Waals surface area contributed by atoms with Crippen LogP contribution in [0.15, 0.2) is 47.4 Å². The molecule has 1 amide bonds. The Labute approximate surface area is 160 Å². The zero-order valence-corrected chi connectivity index (χ0v) is 15.9. The molecule has 1 N–H and O–H groups in total.